The third-order valence-electron chi connectivity index (χ3n) is 3.79. The van der Waals surface area contributed by atoms with Gasteiger partial charge in [0.05, 0.1) is 12.1 Å². The third-order valence-corrected chi connectivity index (χ3v) is 3.79. The summed E-state index contributed by atoms with van der Waals surface area (Å²) < 4.78 is 11.5. The standard InChI is InChI=1S/C21H24N2O2/c1-15(2)14-24-18-5-7-19(8-6-18)25-21-10-4-17-13-16(11-12-22)3-9-20(17)23-21/h3-10,13,15H,11-12,14,22H2,1-2H3. The van der Waals surface area contributed by atoms with Crippen molar-refractivity contribution in [3.05, 3.63) is 60.2 Å². The Hall–Kier alpha value is -2.59. The molecular weight excluding hydrogens is 312 g/mol. The SMILES string of the molecule is CC(C)COc1ccc(Oc2ccc3cc(CCN)ccc3n2)cc1. The Balaban J connectivity index is 1.70. The second-order valence-corrected chi connectivity index (χ2v) is 6.49. The van der Waals surface area contributed by atoms with Crippen molar-refractivity contribution in [3.8, 4) is 17.4 Å². The van der Waals surface area contributed by atoms with Crippen LogP contribution in [0.3, 0.4) is 0 Å². The lowest BCUT2D eigenvalue weighted by Gasteiger charge is -2.10. The average Bonchev–Trinajstić information content (AvgIpc) is 2.61. The monoisotopic (exact) mass is 336 g/mol. The van der Waals surface area contributed by atoms with Crippen LogP contribution in [0.4, 0.5) is 0 Å². The fraction of sp³-hybridized carbons (Fsp3) is 0.286. The van der Waals surface area contributed by atoms with Gasteiger partial charge in [0.1, 0.15) is 11.5 Å². The summed E-state index contributed by atoms with van der Waals surface area (Å²) in [6, 6.07) is 17.7. The summed E-state index contributed by atoms with van der Waals surface area (Å²) >= 11 is 0. The number of nitrogens with zero attached hydrogens (tertiary/aromatic N) is 1. The maximum absolute atomic E-state index is 5.86. The van der Waals surface area contributed by atoms with Crippen LogP contribution in [0, 0.1) is 5.92 Å². The molecule has 25 heavy (non-hydrogen) atoms. The van der Waals surface area contributed by atoms with Crippen LogP contribution >= 0.6 is 0 Å². The Kier molecular flexibility index (Phi) is 5.51. The van der Waals surface area contributed by atoms with Crippen molar-refractivity contribution in [2.24, 2.45) is 11.7 Å². The number of hydrogen-bond donors (Lipinski definition) is 1. The van der Waals surface area contributed by atoms with Crippen LogP contribution in [0.1, 0.15) is 19.4 Å². The Labute approximate surface area is 148 Å². The van der Waals surface area contributed by atoms with Gasteiger partial charge < -0.3 is 15.2 Å². The smallest absolute Gasteiger partial charge is 0.219 e. The first-order chi connectivity index (χ1) is 12.1. The maximum atomic E-state index is 5.86. The van der Waals surface area contributed by atoms with Gasteiger partial charge in [-0.05, 0) is 66.9 Å². The van der Waals surface area contributed by atoms with Crippen molar-refractivity contribution >= 4 is 10.9 Å². The second-order valence-electron chi connectivity index (χ2n) is 6.49. The summed E-state index contributed by atoms with van der Waals surface area (Å²) in [6.07, 6.45) is 0.874. The zero-order valence-electron chi connectivity index (χ0n) is 14.7. The molecule has 0 atom stereocenters. The molecule has 0 amide bonds. The quantitative estimate of drug-likeness (QED) is 0.687. The molecule has 0 spiro atoms. The van der Waals surface area contributed by atoms with Crippen LogP contribution in [0.15, 0.2) is 54.6 Å². The summed E-state index contributed by atoms with van der Waals surface area (Å²) in [6.45, 7) is 5.61. The molecule has 0 saturated carbocycles. The number of benzene rings is 2. The highest BCUT2D eigenvalue weighted by atomic mass is 16.5. The second kappa shape index (κ2) is 7.99. The summed E-state index contributed by atoms with van der Waals surface area (Å²) in [5.41, 5.74) is 7.75. The number of fused-ring (bicyclic) bond motifs is 1. The lowest BCUT2D eigenvalue weighted by atomic mass is 10.1. The largest absolute Gasteiger partial charge is 0.493 e. The first-order valence-electron chi connectivity index (χ1n) is 8.64. The van der Waals surface area contributed by atoms with Crippen LogP contribution in [-0.4, -0.2) is 18.1 Å². The predicted octanol–water partition coefficient (Wildman–Crippen LogP) is 4.56. The Morgan fingerprint density at radius 2 is 1.72 bits per heavy atom. The van der Waals surface area contributed by atoms with Gasteiger partial charge in [0.2, 0.25) is 5.88 Å². The molecule has 0 aliphatic rings. The number of rotatable bonds is 7. The summed E-state index contributed by atoms with van der Waals surface area (Å²) in [4.78, 5) is 4.57. The lowest BCUT2D eigenvalue weighted by molar-refractivity contribution is 0.271. The van der Waals surface area contributed by atoms with E-state index in [0.29, 0.717) is 24.9 Å². The normalized spacial score (nSPS) is 11.0. The first-order valence-corrected chi connectivity index (χ1v) is 8.64. The van der Waals surface area contributed by atoms with Crippen LogP contribution in [0.25, 0.3) is 10.9 Å². The minimum absolute atomic E-state index is 0.503. The highest BCUT2D eigenvalue weighted by Gasteiger charge is 2.04. The van der Waals surface area contributed by atoms with E-state index in [9.17, 15) is 0 Å². The summed E-state index contributed by atoms with van der Waals surface area (Å²) in [7, 11) is 0. The van der Waals surface area contributed by atoms with Gasteiger partial charge in [-0.1, -0.05) is 19.9 Å². The van der Waals surface area contributed by atoms with Crippen molar-refractivity contribution in [3.63, 3.8) is 0 Å². The average molecular weight is 336 g/mol. The summed E-state index contributed by atoms with van der Waals surface area (Å²) in [5.74, 6) is 2.67. The van der Waals surface area contributed by atoms with Crippen molar-refractivity contribution in [2.45, 2.75) is 20.3 Å². The highest BCUT2D eigenvalue weighted by Crippen LogP contribution is 2.25. The lowest BCUT2D eigenvalue weighted by Crippen LogP contribution is -2.04. The zero-order chi connectivity index (χ0) is 17.6. The molecule has 0 radical (unpaired) electrons. The molecule has 0 unspecified atom stereocenters. The van der Waals surface area contributed by atoms with E-state index in [1.54, 1.807) is 0 Å². The molecule has 3 aromatic rings. The number of ether oxygens (including phenoxy) is 2. The molecule has 0 saturated heterocycles. The summed E-state index contributed by atoms with van der Waals surface area (Å²) in [5, 5.41) is 1.09. The van der Waals surface area contributed by atoms with Gasteiger partial charge >= 0.3 is 0 Å². The van der Waals surface area contributed by atoms with Crippen molar-refractivity contribution in [1.29, 1.82) is 0 Å². The molecule has 0 aliphatic carbocycles. The number of hydrogen-bond acceptors (Lipinski definition) is 4. The molecule has 0 aliphatic heterocycles. The topological polar surface area (TPSA) is 57.4 Å². The van der Waals surface area contributed by atoms with E-state index in [1.165, 1.54) is 5.56 Å². The van der Waals surface area contributed by atoms with E-state index in [0.717, 1.165) is 28.8 Å². The Bertz CT molecular complexity index is 829. The van der Waals surface area contributed by atoms with Gasteiger partial charge in [-0.15, -0.1) is 0 Å². The molecule has 4 nitrogen and oxygen atoms in total. The minimum Gasteiger partial charge on any atom is -0.493 e. The molecule has 1 heterocycles. The molecule has 3 rings (SSSR count). The van der Waals surface area contributed by atoms with E-state index in [-0.39, 0.29) is 0 Å². The van der Waals surface area contributed by atoms with Crippen LogP contribution in [-0.2, 0) is 6.42 Å². The molecule has 1 aromatic heterocycles. The minimum atomic E-state index is 0.503. The molecule has 2 aromatic carbocycles. The molecule has 2 N–H and O–H groups in total. The number of pyridine rings is 1. The van der Waals surface area contributed by atoms with E-state index >= 15 is 0 Å². The molecule has 4 heteroatoms. The predicted molar refractivity (Wildman–Crippen MR) is 101 cm³/mol. The van der Waals surface area contributed by atoms with Gasteiger partial charge in [-0.3, -0.25) is 0 Å². The van der Waals surface area contributed by atoms with Gasteiger partial charge in [-0.25, -0.2) is 4.98 Å². The van der Waals surface area contributed by atoms with Gasteiger partial charge in [0.25, 0.3) is 0 Å². The van der Waals surface area contributed by atoms with Gasteiger partial charge in [0.15, 0.2) is 0 Å². The van der Waals surface area contributed by atoms with Crippen LogP contribution in [0.2, 0.25) is 0 Å². The van der Waals surface area contributed by atoms with Crippen molar-refractivity contribution < 1.29 is 9.47 Å². The van der Waals surface area contributed by atoms with Gasteiger partial charge in [0, 0.05) is 11.5 Å². The zero-order valence-corrected chi connectivity index (χ0v) is 14.7. The first kappa shape index (κ1) is 17.2. The van der Waals surface area contributed by atoms with E-state index in [1.807, 2.05) is 42.5 Å². The third kappa shape index (κ3) is 4.70. The fourth-order valence-electron chi connectivity index (χ4n) is 2.52. The van der Waals surface area contributed by atoms with E-state index < -0.39 is 0 Å². The Morgan fingerprint density at radius 1 is 0.960 bits per heavy atom. The van der Waals surface area contributed by atoms with Crippen LogP contribution in [0.5, 0.6) is 17.4 Å². The Morgan fingerprint density at radius 3 is 2.44 bits per heavy atom. The fourth-order valence-corrected chi connectivity index (χ4v) is 2.52. The van der Waals surface area contributed by atoms with Gasteiger partial charge in [-0.2, -0.15) is 0 Å². The highest BCUT2D eigenvalue weighted by molar-refractivity contribution is 5.79. The van der Waals surface area contributed by atoms with E-state index in [2.05, 4.69) is 31.0 Å². The molecule has 0 bridgehead atoms. The molecule has 130 valence electrons. The van der Waals surface area contributed by atoms with Crippen molar-refractivity contribution in [2.75, 3.05) is 13.2 Å². The van der Waals surface area contributed by atoms with Crippen LogP contribution < -0.4 is 15.2 Å². The maximum Gasteiger partial charge on any atom is 0.219 e. The number of nitrogens with two attached hydrogens (primary N) is 1. The molecule has 0 fully saturated rings. The van der Waals surface area contributed by atoms with Crippen molar-refractivity contribution in [1.82, 2.24) is 4.98 Å². The molecular formula is C21H24N2O2. The number of aromatic nitrogens is 1. The van der Waals surface area contributed by atoms with E-state index in [4.69, 9.17) is 15.2 Å².